The van der Waals surface area contributed by atoms with Crippen LogP contribution in [0.25, 0.3) is 21.3 Å². The zero-order valence-corrected chi connectivity index (χ0v) is 21.2. The molecule has 3 rings (SSSR count). The minimum atomic E-state index is -2.13. The van der Waals surface area contributed by atoms with Gasteiger partial charge in [-0.2, -0.15) is 0 Å². The molecule has 0 bridgehead atoms. The Morgan fingerprint density at radius 3 is 1.30 bits per heavy atom. The zero-order valence-electron chi connectivity index (χ0n) is 14.7. The van der Waals surface area contributed by atoms with Gasteiger partial charge in [-0.05, 0) is 0 Å². The minimum absolute atomic E-state index is 0.990. The summed E-state index contributed by atoms with van der Waals surface area (Å²) in [5, 5.41) is 0. The first kappa shape index (κ1) is 17.7. The molecule has 0 fully saturated rings. The van der Waals surface area contributed by atoms with Crippen LogP contribution in [0.3, 0.4) is 0 Å². The monoisotopic (exact) mass is 544 g/mol. The van der Waals surface area contributed by atoms with Gasteiger partial charge < -0.3 is 0 Å². The van der Waals surface area contributed by atoms with Crippen molar-refractivity contribution in [2.45, 2.75) is 29.6 Å². The molecule has 0 atom stereocenters. The molecule has 0 saturated heterocycles. The van der Waals surface area contributed by atoms with E-state index in [0.29, 0.717) is 0 Å². The molecule has 0 saturated carbocycles. The second-order valence-corrected chi connectivity index (χ2v) is 37.6. The van der Waals surface area contributed by atoms with Crippen molar-refractivity contribution in [3.63, 3.8) is 0 Å². The van der Waals surface area contributed by atoms with Gasteiger partial charge in [-0.3, -0.25) is 0 Å². The molecule has 0 N–H and O–H groups in total. The molecule has 0 amide bonds. The Kier molecular flexibility index (Phi) is 4.84. The summed E-state index contributed by atoms with van der Waals surface area (Å²) in [6, 6.07) is 12.9. The van der Waals surface area contributed by atoms with Crippen molar-refractivity contribution in [3.8, 4) is 21.3 Å². The molecule has 0 aliphatic heterocycles. The van der Waals surface area contributed by atoms with Crippen LogP contribution in [-0.2, 0) is 0 Å². The van der Waals surface area contributed by atoms with Crippen LogP contribution in [0.5, 0.6) is 0 Å². The van der Waals surface area contributed by atoms with Crippen molar-refractivity contribution in [2.24, 2.45) is 0 Å². The van der Waals surface area contributed by atoms with E-state index in [0.717, 1.165) is 11.5 Å². The number of thiophene rings is 1. The molecule has 5 heteroatoms. The molecule has 0 aromatic carbocycles. The maximum atomic E-state index is 6.13. The van der Waals surface area contributed by atoms with Crippen molar-refractivity contribution in [1.29, 1.82) is 0 Å². The van der Waals surface area contributed by atoms with Crippen LogP contribution >= 0.6 is 11.3 Å². The molecule has 3 aromatic heterocycles. The summed E-state index contributed by atoms with van der Waals surface area (Å²) < 4.78 is 14.7. The van der Waals surface area contributed by atoms with Gasteiger partial charge in [0.05, 0.1) is 0 Å². The normalized spacial score (nSPS) is 12.8. The predicted molar refractivity (Wildman–Crippen MR) is 106 cm³/mol. The van der Waals surface area contributed by atoms with Gasteiger partial charge in [-0.15, -0.1) is 0 Å². The molecular formula is C18H24O2SSn2. The van der Waals surface area contributed by atoms with Crippen LogP contribution in [0.1, 0.15) is 0 Å². The molecule has 3 aromatic rings. The number of hydrogen-bond acceptors (Lipinski definition) is 3. The van der Waals surface area contributed by atoms with Crippen LogP contribution in [-0.4, -0.2) is 36.8 Å². The third kappa shape index (κ3) is 3.93. The third-order valence-corrected chi connectivity index (χ3v) is 14.9. The van der Waals surface area contributed by atoms with Gasteiger partial charge in [0.1, 0.15) is 0 Å². The Balaban J connectivity index is 1.89. The van der Waals surface area contributed by atoms with Crippen molar-refractivity contribution < 1.29 is 8.83 Å². The Bertz CT molecular complexity index is 746. The fourth-order valence-corrected chi connectivity index (χ4v) is 8.98. The number of furan rings is 2. The Labute approximate surface area is 150 Å². The molecule has 0 spiro atoms. The Hall–Kier alpha value is -0.143. The van der Waals surface area contributed by atoms with Gasteiger partial charge in [-0.25, -0.2) is 0 Å². The summed E-state index contributed by atoms with van der Waals surface area (Å²) in [5.74, 6) is 1.98. The summed E-state index contributed by atoms with van der Waals surface area (Å²) in [6.07, 6.45) is 0. The topological polar surface area (TPSA) is 26.3 Å². The molecule has 0 aliphatic carbocycles. The van der Waals surface area contributed by atoms with E-state index in [-0.39, 0.29) is 0 Å². The van der Waals surface area contributed by atoms with Gasteiger partial charge in [0.2, 0.25) is 0 Å². The fourth-order valence-electron chi connectivity index (χ4n) is 2.35. The quantitative estimate of drug-likeness (QED) is 0.416. The molecule has 2 nitrogen and oxygen atoms in total. The van der Waals surface area contributed by atoms with Crippen LogP contribution in [0.4, 0.5) is 0 Å². The standard InChI is InChI=1S/C12H6O2S.6CH3.2Sn/c1-3-9(13-7-1)11-5-6-12(15-11)10-4-2-8-14-10;;;;;;;;/h1-6H;6*1H3;;. The first-order valence-corrected chi connectivity index (χ1v) is 28.8. The predicted octanol–water partition coefficient (Wildman–Crippen LogP) is 5.36. The third-order valence-electron chi connectivity index (χ3n) is 3.78. The molecule has 0 radical (unpaired) electrons. The van der Waals surface area contributed by atoms with Gasteiger partial charge in [-0.1, -0.05) is 0 Å². The Morgan fingerprint density at radius 1 is 0.609 bits per heavy atom. The van der Waals surface area contributed by atoms with E-state index in [9.17, 15) is 0 Å². The number of rotatable bonds is 4. The first-order valence-electron chi connectivity index (χ1n) is 7.96. The summed E-state index contributed by atoms with van der Waals surface area (Å²) in [6.45, 7) is 0. The second kappa shape index (κ2) is 6.30. The average molecular weight is 542 g/mol. The second-order valence-electron chi connectivity index (χ2n) is 7.99. The van der Waals surface area contributed by atoms with Gasteiger partial charge in [0.15, 0.2) is 0 Å². The first-order chi connectivity index (χ1) is 10.6. The van der Waals surface area contributed by atoms with E-state index < -0.39 is 36.8 Å². The summed E-state index contributed by atoms with van der Waals surface area (Å²) in [5.41, 5.74) is 0. The molecule has 3 heterocycles. The van der Waals surface area contributed by atoms with Crippen molar-refractivity contribution in [3.05, 3.63) is 36.4 Å². The van der Waals surface area contributed by atoms with Gasteiger partial charge in [0.25, 0.3) is 0 Å². The molecule has 122 valence electrons. The summed E-state index contributed by atoms with van der Waals surface area (Å²) in [4.78, 5) is 16.6. The fraction of sp³-hybridized carbons (Fsp3) is 0.333. The summed E-state index contributed by atoms with van der Waals surface area (Å²) in [7, 11) is 0. The summed E-state index contributed by atoms with van der Waals surface area (Å²) >= 11 is -2.51. The SMILES string of the molecule is [CH3][Sn]([CH3])([CH3])[c]1ccc(-c2ccc(-c3cc[c]([Sn]([CH3])([CH3])[CH3])o3)s2)o1. The molecule has 23 heavy (non-hydrogen) atoms. The zero-order chi connectivity index (χ0) is 16.8. The molecule has 0 aliphatic rings. The Morgan fingerprint density at radius 2 is 1.00 bits per heavy atom. The van der Waals surface area contributed by atoms with Crippen LogP contribution in [0.15, 0.2) is 45.2 Å². The van der Waals surface area contributed by atoms with Gasteiger partial charge in [0, 0.05) is 0 Å². The van der Waals surface area contributed by atoms with Crippen molar-refractivity contribution >= 4 is 55.6 Å². The van der Waals surface area contributed by atoms with Crippen molar-refractivity contribution in [1.82, 2.24) is 0 Å². The van der Waals surface area contributed by atoms with Crippen LogP contribution < -0.4 is 7.55 Å². The number of hydrogen-bond donors (Lipinski definition) is 0. The van der Waals surface area contributed by atoms with Crippen molar-refractivity contribution in [2.75, 3.05) is 0 Å². The van der Waals surface area contributed by atoms with E-state index in [2.05, 4.69) is 66.0 Å². The van der Waals surface area contributed by atoms with E-state index in [4.69, 9.17) is 8.83 Å². The molecule has 0 unspecified atom stereocenters. The van der Waals surface area contributed by atoms with Crippen LogP contribution in [0, 0.1) is 0 Å². The van der Waals surface area contributed by atoms with E-state index >= 15 is 0 Å². The van der Waals surface area contributed by atoms with Crippen LogP contribution in [0.2, 0.25) is 29.6 Å². The average Bonchev–Trinajstić information content (AvgIpc) is 3.17. The van der Waals surface area contributed by atoms with E-state index in [1.165, 1.54) is 17.3 Å². The van der Waals surface area contributed by atoms with E-state index in [1.807, 2.05) is 0 Å². The van der Waals surface area contributed by atoms with E-state index in [1.54, 1.807) is 11.3 Å². The van der Waals surface area contributed by atoms with Gasteiger partial charge >= 0.3 is 152 Å². The maximum absolute atomic E-state index is 6.13. The molecular weight excluding hydrogens is 518 g/mol.